The first-order chi connectivity index (χ1) is 7.86. The maximum Gasteiger partial charge on any atom is 0.116 e. The second-order valence-electron chi connectivity index (χ2n) is 3.37. The molecule has 0 aromatic heterocycles. The van der Waals surface area contributed by atoms with E-state index in [0.717, 1.165) is 5.56 Å². The van der Waals surface area contributed by atoms with Crippen LogP contribution in [0, 0.1) is 0 Å². The van der Waals surface area contributed by atoms with Crippen LogP contribution in [0.4, 0.5) is 0 Å². The lowest BCUT2D eigenvalue weighted by atomic mass is 10.2. The highest BCUT2D eigenvalue weighted by Gasteiger charge is 2.08. The molecule has 0 aliphatic carbocycles. The minimum absolute atomic E-state index is 0.0665. The van der Waals surface area contributed by atoms with Crippen molar-refractivity contribution in [1.29, 1.82) is 0 Å². The van der Waals surface area contributed by atoms with Crippen LogP contribution in [0.25, 0.3) is 0 Å². The zero-order chi connectivity index (χ0) is 11.6. The van der Waals surface area contributed by atoms with Crippen molar-refractivity contribution in [3.05, 3.63) is 48.7 Å². The third kappa shape index (κ3) is 4.96. The van der Waals surface area contributed by atoms with Crippen LogP contribution in [-0.2, 0) is 20.8 Å². The summed E-state index contributed by atoms with van der Waals surface area (Å²) in [5.41, 5.74) is 1.14. The van der Waals surface area contributed by atoms with Crippen molar-refractivity contribution in [2.24, 2.45) is 0 Å². The Bertz CT molecular complexity index is 284. The Morgan fingerprint density at radius 2 is 2.00 bits per heavy atom. The van der Waals surface area contributed by atoms with Crippen LogP contribution in [0.15, 0.2) is 43.2 Å². The zero-order valence-electron chi connectivity index (χ0n) is 9.59. The van der Waals surface area contributed by atoms with Crippen molar-refractivity contribution in [2.45, 2.75) is 12.7 Å². The summed E-state index contributed by atoms with van der Waals surface area (Å²) in [6.07, 6.45) is 1.34. The molecule has 0 amide bonds. The van der Waals surface area contributed by atoms with E-state index in [1.807, 2.05) is 30.3 Å². The lowest BCUT2D eigenvalue weighted by molar-refractivity contribution is -0.0420. The number of rotatable bonds is 8. The Morgan fingerprint density at radius 1 is 1.25 bits per heavy atom. The van der Waals surface area contributed by atoms with Crippen LogP contribution in [0.1, 0.15) is 5.56 Å². The Labute approximate surface area is 96.6 Å². The van der Waals surface area contributed by atoms with Crippen molar-refractivity contribution in [1.82, 2.24) is 0 Å². The van der Waals surface area contributed by atoms with E-state index in [0.29, 0.717) is 19.8 Å². The molecular weight excluding hydrogens is 204 g/mol. The summed E-state index contributed by atoms with van der Waals surface area (Å²) in [6.45, 7) is 5.03. The SMILES string of the molecule is C=COCC(COC)OCc1ccccc1. The predicted molar refractivity (Wildman–Crippen MR) is 63.0 cm³/mol. The molecule has 3 nitrogen and oxygen atoms in total. The molecule has 1 atom stereocenters. The highest BCUT2D eigenvalue weighted by Crippen LogP contribution is 2.04. The van der Waals surface area contributed by atoms with Gasteiger partial charge in [-0.2, -0.15) is 0 Å². The van der Waals surface area contributed by atoms with Gasteiger partial charge in [0, 0.05) is 7.11 Å². The van der Waals surface area contributed by atoms with Crippen LogP contribution in [0.2, 0.25) is 0 Å². The van der Waals surface area contributed by atoms with E-state index in [2.05, 4.69) is 6.58 Å². The van der Waals surface area contributed by atoms with E-state index in [1.54, 1.807) is 7.11 Å². The van der Waals surface area contributed by atoms with Crippen molar-refractivity contribution in [2.75, 3.05) is 20.3 Å². The van der Waals surface area contributed by atoms with Gasteiger partial charge in [-0.3, -0.25) is 0 Å². The normalized spacial score (nSPS) is 12.1. The van der Waals surface area contributed by atoms with Gasteiger partial charge in [-0.15, -0.1) is 0 Å². The smallest absolute Gasteiger partial charge is 0.116 e. The third-order valence-electron chi connectivity index (χ3n) is 2.08. The van der Waals surface area contributed by atoms with Gasteiger partial charge in [-0.1, -0.05) is 36.9 Å². The largest absolute Gasteiger partial charge is 0.499 e. The van der Waals surface area contributed by atoms with Gasteiger partial charge in [0.1, 0.15) is 12.7 Å². The summed E-state index contributed by atoms with van der Waals surface area (Å²) < 4.78 is 15.8. The molecule has 3 heteroatoms. The lowest BCUT2D eigenvalue weighted by Crippen LogP contribution is -2.24. The fourth-order valence-electron chi connectivity index (χ4n) is 1.29. The summed E-state index contributed by atoms with van der Waals surface area (Å²) in [5.74, 6) is 0. The fourth-order valence-corrected chi connectivity index (χ4v) is 1.29. The molecule has 1 aromatic rings. The van der Waals surface area contributed by atoms with Gasteiger partial charge in [-0.05, 0) is 5.56 Å². The molecule has 0 heterocycles. The van der Waals surface area contributed by atoms with Crippen LogP contribution in [0.3, 0.4) is 0 Å². The minimum Gasteiger partial charge on any atom is -0.499 e. The molecule has 0 fully saturated rings. The Hall–Kier alpha value is -1.32. The molecule has 0 saturated heterocycles. The van der Waals surface area contributed by atoms with Crippen LogP contribution in [-0.4, -0.2) is 26.4 Å². The topological polar surface area (TPSA) is 27.7 Å². The molecule has 0 bridgehead atoms. The lowest BCUT2D eigenvalue weighted by Gasteiger charge is -2.16. The van der Waals surface area contributed by atoms with Gasteiger partial charge in [0.15, 0.2) is 0 Å². The summed E-state index contributed by atoms with van der Waals surface area (Å²) in [5, 5.41) is 0. The maximum atomic E-state index is 5.67. The fraction of sp³-hybridized carbons (Fsp3) is 0.385. The molecule has 0 aliphatic heterocycles. The van der Waals surface area contributed by atoms with E-state index in [9.17, 15) is 0 Å². The second kappa shape index (κ2) is 7.91. The molecule has 0 aliphatic rings. The van der Waals surface area contributed by atoms with Gasteiger partial charge in [0.05, 0.1) is 19.5 Å². The molecule has 16 heavy (non-hydrogen) atoms. The molecule has 0 saturated carbocycles. The first kappa shape index (κ1) is 12.7. The van der Waals surface area contributed by atoms with E-state index >= 15 is 0 Å². The van der Waals surface area contributed by atoms with Crippen molar-refractivity contribution in [3.63, 3.8) is 0 Å². The first-order valence-electron chi connectivity index (χ1n) is 5.23. The Kier molecular flexibility index (Phi) is 6.30. The number of benzene rings is 1. The Balaban J connectivity index is 2.34. The highest BCUT2D eigenvalue weighted by atomic mass is 16.6. The standard InChI is InChI=1S/C13H18O3/c1-3-15-11-13(10-14-2)16-9-12-7-5-4-6-8-12/h3-8,13H,1,9-11H2,2H3. The van der Waals surface area contributed by atoms with E-state index in [1.165, 1.54) is 6.26 Å². The van der Waals surface area contributed by atoms with E-state index < -0.39 is 0 Å². The quantitative estimate of drug-likeness (QED) is 0.632. The van der Waals surface area contributed by atoms with Crippen molar-refractivity contribution >= 4 is 0 Å². The summed E-state index contributed by atoms with van der Waals surface area (Å²) in [6, 6.07) is 10.0. The minimum atomic E-state index is -0.0665. The summed E-state index contributed by atoms with van der Waals surface area (Å²) in [7, 11) is 1.65. The molecule has 0 N–H and O–H groups in total. The van der Waals surface area contributed by atoms with Crippen molar-refractivity contribution in [3.8, 4) is 0 Å². The maximum absolute atomic E-state index is 5.67. The number of hydrogen-bond donors (Lipinski definition) is 0. The average Bonchev–Trinajstić information content (AvgIpc) is 2.34. The van der Waals surface area contributed by atoms with Crippen molar-refractivity contribution < 1.29 is 14.2 Å². The predicted octanol–water partition coefficient (Wildman–Crippen LogP) is 2.38. The van der Waals surface area contributed by atoms with Gasteiger partial charge < -0.3 is 14.2 Å². The van der Waals surface area contributed by atoms with Crippen LogP contribution in [0.5, 0.6) is 0 Å². The van der Waals surface area contributed by atoms with E-state index in [-0.39, 0.29) is 6.10 Å². The monoisotopic (exact) mass is 222 g/mol. The number of ether oxygens (including phenoxy) is 3. The van der Waals surface area contributed by atoms with Gasteiger partial charge >= 0.3 is 0 Å². The molecule has 1 aromatic carbocycles. The first-order valence-corrected chi connectivity index (χ1v) is 5.23. The molecule has 1 unspecified atom stereocenters. The zero-order valence-corrected chi connectivity index (χ0v) is 9.59. The number of hydrogen-bond acceptors (Lipinski definition) is 3. The highest BCUT2D eigenvalue weighted by molar-refractivity contribution is 5.13. The molecule has 1 rings (SSSR count). The summed E-state index contributed by atoms with van der Waals surface area (Å²) in [4.78, 5) is 0. The number of methoxy groups -OCH3 is 1. The van der Waals surface area contributed by atoms with Crippen LogP contribution < -0.4 is 0 Å². The van der Waals surface area contributed by atoms with Gasteiger partial charge in [0.2, 0.25) is 0 Å². The van der Waals surface area contributed by atoms with Gasteiger partial charge in [-0.25, -0.2) is 0 Å². The molecule has 88 valence electrons. The summed E-state index contributed by atoms with van der Waals surface area (Å²) >= 11 is 0. The molecule has 0 spiro atoms. The average molecular weight is 222 g/mol. The third-order valence-corrected chi connectivity index (χ3v) is 2.08. The van der Waals surface area contributed by atoms with E-state index in [4.69, 9.17) is 14.2 Å². The molecule has 0 radical (unpaired) electrons. The van der Waals surface area contributed by atoms with Gasteiger partial charge in [0.25, 0.3) is 0 Å². The second-order valence-corrected chi connectivity index (χ2v) is 3.37. The molecular formula is C13H18O3. The Morgan fingerprint density at radius 3 is 2.62 bits per heavy atom. The van der Waals surface area contributed by atoms with Crippen LogP contribution >= 0.6 is 0 Å².